The molecule has 0 aromatic carbocycles. The molecular formula is C16H33N3O. The molecule has 0 aliphatic carbocycles. The molecule has 2 atom stereocenters. The molecule has 118 valence electrons. The summed E-state index contributed by atoms with van der Waals surface area (Å²) in [6.07, 6.45) is 4.54. The maximum absolute atomic E-state index is 11.7. The maximum Gasteiger partial charge on any atom is 0.237 e. The van der Waals surface area contributed by atoms with Crippen LogP contribution in [-0.4, -0.2) is 42.0 Å². The van der Waals surface area contributed by atoms with Gasteiger partial charge in [0.1, 0.15) is 0 Å². The molecule has 4 heteroatoms. The summed E-state index contributed by atoms with van der Waals surface area (Å²) in [6.45, 7) is 13.9. The number of nitrogens with one attached hydrogen (secondary N) is 1. The van der Waals surface area contributed by atoms with Gasteiger partial charge in [-0.25, -0.2) is 0 Å². The molecule has 1 amide bonds. The van der Waals surface area contributed by atoms with E-state index in [9.17, 15) is 4.79 Å². The Morgan fingerprint density at radius 1 is 1.40 bits per heavy atom. The number of piperidine rings is 1. The lowest BCUT2D eigenvalue weighted by molar-refractivity contribution is -0.124. The number of nitrogens with two attached hydrogens (primary N) is 1. The van der Waals surface area contributed by atoms with Gasteiger partial charge >= 0.3 is 0 Å². The number of rotatable bonds is 7. The van der Waals surface area contributed by atoms with Crippen molar-refractivity contribution in [3.05, 3.63) is 0 Å². The van der Waals surface area contributed by atoms with E-state index in [2.05, 4.69) is 31.0 Å². The Hall–Kier alpha value is -0.610. The molecule has 0 saturated carbocycles. The van der Waals surface area contributed by atoms with Crippen LogP contribution in [0.3, 0.4) is 0 Å². The molecule has 20 heavy (non-hydrogen) atoms. The summed E-state index contributed by atoms with van der Waals surface area (Å²) in [7, 11) is 0. The quantitative estimate of drug-likeness (QED) is 0.752. The number of likely N-dealkylation sites (tertiary alicyclic amines) is 1. The second-order valence-corrected chi connectivity index (χ2v) is 6.98. The van der Waals surface area contributed by atoms with E-state index in [1.54, 1.807) is 0 Å². The Balaban J connectivity index is 2.59. The molecule has 4 nitrogen and oxygen atoms in total. The average Bonchev–Trinajstić information content (AvgIpc) is 2.39. The van der Waals surface area contributed by atoms with Crippen molar-refractivity contribution < 1.29 is 4.79 Å². The first-order chi connectivity index (χ1) is 9.26. The van der Waals surface area contributed by atoms with E-state index in [0.29, 0.717) is 11.5 Å². The average molecular weight is 283 g/mol. The Bertz CT molecular complexity index is 324. The van der Waals surface area contributed by atoms with Crippen molar-refractivity contribution in [2.45, 2.75) is 71.9 Å². The molecule has 1 heterocycles. The summed E-state index contributed by atoms with van der Waals surface area (Å²) in [6, 6.07) is 0.382. The maximum atomic E-state index is 11.7. The van der Waals surface area contributed by atoms with Gasteiger partial charge in [0.25, 0.3) is 0 Å². The van der Waals surface area contributed by atoms with Gasteiger partial charge in [-0.3, -0.25) is 4.79 Å². The molecule has 1 aliphatic rings. The molecular weight excluding hydrogens is 250 g/mol. The molecule has 0 aromatic heterocycles. The SMILES string of the molecule is CCNC(C)(CC(C)N1CCC(C)(CC)CC1)C(N)=O. The Morgan fingerprint density at radius 2 is 1.95 bits per heavy atom. The number of primary amides is 1. The van der Waals surface area contributed by atoms with Crippen molar-refractivity contribution in [3.63, 3.8) is 0 Å². The highest BCUT2D eigenvalue weighted by atomic mass is 16.1. The molecule has 0 radical (unpaired) electrons. The van der Waals surface area contributed by atoms with Gasteiger partial charge in [-0.15, -0.1) is 0 Å². The molecule has 2 unspecified atom stereocenters. The normalized spacial score (nSPS) is 24.1. The first-order valence-corrected chi connectivity index (χ1v) is 8.05. The summed E-state index contributed by atoms with van der Waals surface area (Å²) >= 11 is 0. The molecule has 1 saturated heterocycles. The van der Waals surface area contributed by atoms with Crippen LogP contribution in [0.1, 0.15) is 60.3 Å². The van der Waals surface area contributed by atoms with Crippen LogP contribution < -0.4 is 11.1 Å². The fourth-order valence-corrected chi connectivity index (χ4v) is 3.23. The zero-order valence-corrected chi connectivity index (χ0v) is 14.0. The van der Waals surface area contributed by atoms with Gasteiger partial charge in [0, 0.05) is 6.04 Å². The second-order valence-electron chi connectivity index (χ2n) is 6.98. The number of amides is 1. The molecule has 1 fully saturated rings. The van der Waals surface area contributed by atoms with E-state index in [0.717, 1.165) is 26.1 Å². The summed E-state index contributed by atoms with van der Waals surface area (Å²) in [5.74, 6) is -0.249. The van der Waals surface area contributed by atoms with E-state index < -0.39 is 5.54 Å². The van der Waals surface area contributed by atoms with Gasteiger partial charge in [-0.05, 0) is 58.2 Å². The molecule has 0 aromatic rings. The summed E-state index contributed by atoms with van der Waals surface area (Å²) < 4.78 is 0. The van der Waals surface area contributed by atoms with Gasteiger partial charge in [-0.2, -0.15) is 0 Å². The molecule has 0 bridgehead atoms. The van der Waals surface area contributed by atoms with Crippen molar-refractivity contribution >= 4 is 5.91 Å². The van der Waals surface area contributed by atoms with Gasteiger partial charge in [0.15, 0.2) is 0 Å². The topological polar surface area (TPSA) is 58.4 Å². The summed E-state index contributed by atoms with van der Waals surface area (Å²) in [4.78, 5) is 14.2. The monoisotopic (exact) mass is 283 g/mol. The third kappa shape index (κ3) is 4.19. The van der Waals surface area contributed by atoms with Gasteiger partial charge in [0.2, 0.25) is 5.91 Å². The highest BCUT2D eigenvalue weighted by Gasteiger charge is 2.36. The highest BCUT2D eigenvalue weighted by Crippen LogP contribution is 2.35. The molecule has 1 aliphatic heterocycles. The fraction of sp³-hybridized carbons (Fsp3) is 0.938. The van der Waals surface area contributed by atoms with E-state index in [1.165, 1.54) is 19.3 Å². The van der Waals surface area contributed by atoms with Crippen LogP contribution in [-0.2, 0) is 4.79 Å². The lowest BCUT2D eigenvalue weighted by Gasteiger charge is -2.43. The van der Waals surface area contributed by atoms with Crippen LogP contribution in [0.4, 0.5) is 0 Å². The lowest BCUT2D eigenvalue weighted by atomic mass is 9.77. The van der Waals surface area contributed by atoms with Crippen molar-refractivity contribution in [1.29, 1.82) is 0 Å². The van der Waals surface area contributed by atoms with Gasteiger partial charge in [0.05, 0.1) is 5.54 Å². The van der Waals surface area contributed by atoms with Gasteiger partial charge in [-0.1, -0.05) is 27.2 Å². The summed E-state index contributed by atoms with van der Waals surface area (Å²) in [5.41, 5.74) is 5.49. The van der Waals surface area contributed by atoms with Crippen LogP contribution in [0.15, 0.2) is 0 Å². The fourth-order valence-electron chi connectivity index (χ4n) is 3.23. The minimum atomic E-state index is -0.598. The number of likely N-dealkylation sites (N-methyl/N-ethyl adjacent to an activating group) is 1. The second kappa shape index (κ2) is 6.90. The molecule has 0 spiro atoms. The van der Waals surface area contributed by atoms with Crippen LogP contribution in [0.2, 0.25) is 0 Å². The smallest absolute Gasteiger partial charge is 0.237 e. The highest BCUT2D eigenvalue weighted by molar-refractivity contribution is 5.84. The van der Waals surface area contributed by atoms with Gasteiger partial charge < -0.3 is 16.0 Å². The number of hydrogen-bond acceptors (Lipinski definition) is 3. The first kappa shape index (κ1) is 17.4. The zero-order chi connectivity index (χ0) is 15.4. The zero-order valence-electron chi connectivity index (χ0n) is 14.0. The van der Waals surface area contributed by atoms with E-state index in [-0.39, 0.29) is 5.91 Å². The third-order valence-electron chi connectivity index (χ3n) is 5.30. The number of carbonyl (C=O) groups is 1. The van der Waals surface area contributed by atoms with E-state index >= 15 is 0 Å². The van der Waals surface area contributed by atoms with Crippen molar-refractivity contribution in [3.8, 4) is 0 Å². The van der Waals surface area contributed by atoms with Crippen LogP contribution >= 0.6 is 0 Å². The van der Waals surface area contributed by atoms with Crippen LogP contribution in [0.25, 0.3) is 0 Å². The standard InChI is InChI=1S/C16H33N3O/c1-6-15(4)8-10-19(11-9-15)13(3)12-16(5,14(17)20)18-7-2/h13,18H,6-12H2,1-5H3,(H2,17,20). The summed E-state index contributed by atoms with van der Waals surface area (Å²) in [5, 5.41) is 3.25. The predicted octanol–water partition coefficient (Wildman–Crippen LogP) is 2.13. The predicted molar refractivity (Wildman–Crippen MR) is 84.6 cm³/mol. The van der Waals surface area contributed by atoms with Crippen LogP contribution in [0.5, 0.6) is 0 Å². The third-order valence-corrected chi connectivity index (χ3v) is 5.30. The van der Waals surface area contributed by atoms with Crippen molar-refractivity contribution in [2.75, 3.05) is 19.6 Å². The van der Waals surface area contributed by atoms with Crippen LogP contribution in [0, 0.1) is 5.41 Å². The molecule has 3 N–H and O–H groups in total. The molecule has 1 rings (SSSR count). The van der Waals surface area contributed by atoms with E-state index in [1.807, 2.05) is 13.8 Å². The minimum Gasteiger partial charge on any atom is -0.368 e. The lowest BCUT2D eigenvalue weighted by Crippen LogP contribution is -2.57. The minimum absolute atomic E-state index is 0.249. The van der Waals surface area contributed by atoms with Crippen molar-refractivity contribution in [1.82, 2.24) is 10.2 Å². The largest absolute Gasteiger partial charge is 0.368 e. The Morgan fingerprint density at radius 3 is 2.35 bits per heavy atom. The number of carbonyl (C=O) groups excluding carboxylic acids is 1. The Labute approximate surface area is 124 Å². The number of nitrogens with zero attached hydrogens (tertiary/aromatic N) is 1. The van der Waals surface area contributed by atoms with E-state index in [4.69, 9.17) is 5.73 Å². The Kier molecular flexibility index (Phi) is 6.02. The first-order valence-electron chi connectivity index (χ1n) is 8.05. The van der Waals surface area contributed by atoms with Crippen molar-refractivity contribution in [2.24, 2.45) is 11.1 Å². The number of hydrogen-bond donors (Lipinski definition) is 2.